The number of thioether (sulfide) groups is 1. The van der Waals surface area contributed by atoms with E-state index < -0.39 is 0 Å². The van der Waals surface area contributed by atoms with Gasteiger partial charge >= 0.3 is 0 Å². The van der Waals surface area contributed by atoms with E-state index in [9.17, 15) is 4.79 Å². The number of para-hydroxylation sites is 1. The standard InChI is InChI=1S/C17H25NO2S/c1-13(15-10-6-7-11-16(15)20-2)18-17(19)12-21-14-8-4-3-5-9-14/h6-7,10-11,13-14H,3-5,8-9,12H2,1-2H3,(H,18,19). The number of hydrogen-bond donors (Lipinski definition) is 1. The van der Waals surface area contributed by atoms with Crippen molar-refractivity contribution in [3.8, 4) is 5.75 Å². The van der Waals surface area contributed by atoms with E-state index in [1.807, 2.05) is 43.0 Å². The highest BCUT2D eigenvalue weighted by Gasteiger charge is 2.17. The lowest BCUT2D eigenvalue weighted by molar-refractivity contribution is -0.119. The Labute approximate surface area is 131 Å². The Kier molecular flexibility index (Phi) is 6.43. The van der Waals surface area contributed by atoms with E-state index in [-0.39, 0.29) is 11.9 Å². The Hall–Kier alpha value is -1.16. The predicted octanol–water partition coefficient (Wildman–Crippen LogP) is 3.94. The van der Waals surface area contributed by atoms with Crippen molar-refractivity contribution in [1.29, 1.82) is 0 Å². The summed E-state index contributed by atoms with van der Waals surface area (Å²) in [4.78, 5) is 12.1. The van der Waals surface area contributed by atoms with Gasteiger partial charge in [-0.2, -0.15) is 0 Å². The summed E-state index contributed by atoms with van der Waals surface area (Å²) in [5.41, 5.74) is 1.02. The summed E-state index contributed by atoms with van der Waals surface area (Å²) in [7, 11) is 1.66. The number of carbonyl (C=O) groups excluding carboxylic acids is 1. The molecular weight excluding hydrogens is 282 g/mol. The van der Waals surface area contributed by atoms with Gasteiger partial charge in [-0.15, -0.1) is 11.8 Å². The molecule has 4 heteroatoms. The van der Waals surface area contributed by atoms with Gasteiger partial charge in [0, 0.05) is 10.8 Å². The molecule has 0 saturated heterocycles. The van der Waals surface area contributed by atoms with Crippen LogP contribution in [0.4, 0.5) is 0 Å². The van der Waals surface area contributed by atoms with Gasteiger partial charge in [0.2, 0.25) is 5.91 Å². The summed E-state index contributed by atoms with van der Waals surface area (Å²) in [6, 6.07) is 7.81. The highest BCUT2D eigenvalue weighted by molar-refractivity contribution is 8.00. The molecule has 1 N–H and O–H groups in total. The molecule has 0 spiro atoms. The number of rotatable bonds is 6. The number of benzene rings is 1. The highest BCUT2D eigenvalue weighted by Crippen LogP contribution is 2.28. The Morgan fingerprint density at radius 2 is 2.05 bits per heavy atom. The minimum Gasteiger partial charge on any atom is -0.496 e. The largest absolute Gasteiger partial charge is 0.496 e. The van der Waals surface area contributed by atoms with Crippen LogP contribution in [0.3, 0.4) is 0 Å². The number of carbonyl (C=O) groups is 1. The van der Waals surface area contributed by atoms with Gasteiger partial charge < -0.3 is 10.1 Å². The maximum Gasteiger partial charge on any atom is 0.230 e. The summed E-state index contributed by atoms with van der Waals surface area (Å²) < 4.78 is 5.35. The molecular formula is C17H25NO2S. The first-order valence-corrected chi connectivity index (χ1v) is 8.79. The summed E-state index contributed by atoms with van der Waals surface area (Å²) in [6.45, 7) is 2.00. The second kappa shape index (κ2) is 8.32. The first kappa shape index (κ1) is 16.2. The molecule has 1 unspecified atom stereocenters. The van der Waals surface area contributed by atoms with Crippen molar-refractivity contribution in [3.05, 3.63) is 29.8 Å². The zero-order valence-electron chi connectivity index (χ0n) is 12.9. The van der Waals surface area contributed by atoms with Crippen LogP contribution in [-0.2, 0) is 4.79 Å². The van der Waals surface area contributed by atoms with E-state index in [1.54, 1.807) is 7.11 Å². The van der Waals surface area contributed by atoms with Crippen LogP contribution in [0.2, 0.25) is 0 Å². The summed E-state index contributed by atoms with van der Waals surface area (Å²) >= 11 is 1.81. The number of methoxy groups -OCH3 is 1. The lowest BCUT2D eigenvalue weighted by Crippen LogP contribution is -2.29. The van der Waals surface area contributed by atoms with E-state index in [1.165, 1.54) is 32.1 Å². The average molecular weight is 307 g/mol. The van der Waals surface area contributed by atoms with Crippen molar-refractivity contribution in [2.45, 2.75) is 50.3 Å². The van der Waals surface area contributed by atoms with Gasteiger partial charge in [0.15, 0.2) is 0 Å². The highest BCUT2D eigenvalue weighted by atomic mass is 32.2. The van der Waals surface area contributed by atoms with Crippen LogP contribution in [0.1, 0.15) is 50.6 Å². The third-order valence-electron chi connectivity index (χ3n) is 3.99. The molecule has 1 fully saturated rings. The van der Waals surface area contributed by atoms with Gasteiger partial charge in [-0.3, -0.25) is 4.79 Å². The third-order valence-corrected chi connectivity index (χ3v) is 5.36. The van der Waals surface area contributed by atoms with Gasteiger partial charge in [-0.05, 0) is 25.8 Å². The van der Waals surface area contributed by atoms with Gasteiger partial charge in [-0.25, -0.2) is 0 Å². The number of nitrogens with one attached hydrogen (secondary N) is 1. The quantitative estimate of drug-likeness (QED) is 0.865. The SMILES string of the molecule is COc1ccccc1C(C)NC(=O)CSC1CCCCC1. The van der Waals surface area contributed by atoms with Crippen LogP contribution in [0.25, 0.3) is 0 Å². The Morgan fingerprint density at radius 1 is 1.33 bits per heavy atom. The van der Waals surface area contributed by atoms with Crippen molar-refractivity contribution in [1.82, 2.24) is 5.32 Å². The van der Waals surface area contributed by atoms with E-state index >= 15 is 0 Å². The van der Waals surface area contributed by atoms with Crippen LogP contribution in [0.15, 0.2) is 24.3 Å². The van der Waals surface area contributed by atoms with E-state index in [4.69, 9.17) is 4.74 Å². The van der Waals surface area contributed by atoms with Crippen molar-refractivity contribution in [2.75, 3.05) is 12.9 Å². The average Bonchev–Trinajstić information content (AvgIpc) is 2.53. The molecule has 21 heavy (non-hydrogen) atoms. The lowest BCUT2D eigenvalue weighted by atomic mass is 10.0. The van der Waals surface area contributed by atoms with Gasteiger partial charge in [0.05, 0.1) is 18.9 Å². The van der Waals surface area contributed by atoms with Crippen molar-refractivity contribution < 1.29 is 9.53 Å². The van der Waals surface area contributed by atoms with Crippen molar-refractivity contribution >= 4 is 17.7 Å². The van der Waals surface area contributed by atoms with Crippen LogP contribution in [-0.4, -0.2) is 24.0 Å². The molecule has 0 aromatic heterocycles. The molecule has 1 aliphatic carbocycles. The van der Waals surface area contributed by atoms with Gasteiger partial charge in [0.25, 0.3) is 0 Å². The minimum absolute atomic E-state index is 0.0272. The van der Waals surface area contributed by atoms with Crippen LogP contribution < -0.4 is 10.1 Å². The first-order chi connectivity index (χ1) is 10.2. The molecule has 1 saturated carbocycles. The van der Waals surface area contributed by atoms with E-state index in [2.05, 4.69) is 5.32 Å². The maximum absolute atomic E-state index is 12.1. The molecule has 116 valence electrons. The van der Waals surface area contributed by atoms with Crippen molar-refractivity contribution in [2.24, 2.45) is 0 Å². The molecule has 3 nitrogen and oxygen atoms in total. The molecule has 0 bridgehead atoms. The number of ether oxygens (including phenoxy) is 1. The van der Waals surface area contributed by atoms with Crippen LogP contribution >= 0.6 is 11.8 Å². The zero-order chi connectivity index (χ0) is 15.1. The maximum atomic E-state index is 12.1. The summed E-state index contributed by atoms with van der Waals surface area (Å²) in [5, 5.41) is 3.74. The second-order valence-corrected chi connectivity index (χ2v) is 6.89. The molecule has 0 aliphatic heterocycles. The molecule has 1 atom stereocenters. The second-order valence-electron chi connectivity index (χ2n) is 5.60. The third kappa shape index (κ3) is 4.95. The fraction of sp³-hybridized carbons (Fsp3) is 0.588. The smallest absolute Gasteiger partial charge is 0.230 e. The molecule has 2 rings (SSSR count). The fourth-order valence-electron chi connectivity index (χ4n) is 2.81. The predicted molar refractivity (Wildman–Crippen MR) is 88.9 cm³/mol. The molecule has 1 aliphatic rings. The Balaban J connectivity index is 1.81. The number of amides is 1. The normalized spacial score (nSPS) is 17.2. The fourth-order valence-corrected chi connectivity index (χ4v) is 3.95. The summed E-state index contributed by atoms with van der Waals surface area (Å²) in [6.07, 6.45) is 6.52. The topological polar surface area (TPSA) is 38.3 Å². The van der Waals surface area contributed by atoms with Gasteiger partial charge in [0.1, 0.15) is 5.75 Å². The number of hydrogen-bond acceptors (Lipinski definition) is 3. The summed E-state index contributed by atoms with van der Waals surface area (Å²) in [5.74, 6) is 1.50. The monoisotopic (exact) mass is 307 g/mol. The first-order valence-electron chi connectivity index (χ1n) is 7.74. The molecule has 1 aromatic carbocycles. The lowest BCUT2D eigenvalue weighted by Gasteiger charge is -2.21. The Morgan fingerprint density at radius 3 is 2.76 bits per heavy atom. The zero-order valence-corrected chi connectivity index (χ0v) is 13.7. The molecule has 1 amide bonds. The molecule has 1 aromatic rings. The molecule has 0 radical (unpaired) electrons. The van der Waals surface area contributed by atoms with E-state index in [0.29, 0.717) is 11.0 Å². The van der Waals surface area contributed by atoms with Crippen LogP contribution in [0, 0.1) is 0 Å². The van der Waals surface area contributed by atoms with E-state index in [0.717, 1.165) is 11.3 Å². The van der Waals surface area contributed by atoms with Crippen molar-refractivity contribution in [3.63, 3.8) is 0 Å². The minimum atomic E-state index is -0.0272. The molecule has 0 heterocycles. The van der Waals surface area contributed by atoms with Crippen LogP contribution in [0.5, 0.6) is 5.75 Å². The Bertz CT molecular complexity index is 458. The van der Waals surface area contributed by atoms with Gasteiger partial charge in [-0.1, -0.05) is 37.5 Å².